The first-order valence-corrected chi connectivity index (χ1v) is 9.95. The molecule has 0 amide bonds. The average Bonchev–Trinajstić information content (AvgIpc) is 2.62. The van der Waals surface area contributed by atoms with Crippen molar-refractivity contribution in [2.45, 2.75) is 47.0 Å². The van der Waals surface area contributed by atoms with E-state index in [1.165, 1.54) is 10.2 Å². The molecular formula is C22H24BrN3O. The van der Waals surface area contributed by atoms with Gasteiger partial charge in [-0.15, -0.1) is 0 Å². The smallest absolute Gasteiger partial charge is 0.267 e. The number of rotatable bonds is 4. The normalized spacial score (nSPS) is 12.8. The fourth-order valence-corrected chi connectivity index (χ4v) is 3.65. The highest BCUT2D eigenvalue weighted by atomic mass is 79.9. The molecule has 0 spiro atoms. The summed E-state index contributed by atoms with van der Waals surface area (Å²) in [4.78, 5) is 17.9. The van der Waals surface area contributed by atoms with Crippen molar-refractivity contribution in [3.8, 4) is 0 Å². The van der Waals surface area contributed by atoms with Crippen molar-refractivity contribution in [2.75, 3.05) is 0 Å². The van der Waals surface area contributed by atoms with Crippen molar-refractivity contribution in [2.24, 2.45) is 5.10 Å². The lowest BCUT2D eigenvalue weighted by atomic mass is 10.0. The minimum Gasteiger partial charge on any atom is -0.267 e. The lowest BCUT2D eigenvalue weighted by Crippen LogP contribution is -2.23. The van der Waals surface area contributed by atoms with E-state index in [0.29, 0.717) is 16.7 Å². The lowest BCUT2D eigenvalue weighted by molar-refractivity contribution is 0.613. The van der Waals surface area contributed by atoms with Crippen molar-refractivity contribution in [3.63, 3.8) is 0 Å². The molecule has 0 unspecified atom stereocenters. The number of aryl methyl sites for hydroxylation is 3. The van der Waals surface area contributed by atoms with Crippen LogP contribution in [0.2, 0.25) is 0 Å². The summed E-state index contributed by atoms with van der Waals surface area (Å²) in [6.07, 6.45) is 2.66. The van der Waals surface area contributed by atoms with Crippen LogP contribution in [0.3, 0.4) is 0 Å². The standard InChI is InChI=1S/C22H24BrN3O/c1-6-14(3)21-25-20-8-7-17(23)11-18(20)22(27)26(21)24-12-19-15(4)9-13(2)10-16(19)5/h7-12,14H,6H2,1-5H3/t14-/m1/s1. The molecule has 3 rings (SSSR count). The van der Waals surface area contributed by atoms with E-state index in [1.54, 1.807) is 12.3 Å². The summed E-state index contributed by atoms with van der Waals surface area (Å²) in [5.74, 6) is 0.819. The Bertz CT molecular complexity index is 1080. The molecule has 0 N–H and O–H groups in total. The zero-order valence-electron chi connectivity index (χ0n) is 16.4. The summed E-state index contributed by atoms with van der Waals surface area (Å²) >= 11 is 3.44. The Balaban J connectivity index is 2.23. The molecule has 3 aromatic rings. The summed E-state index contributed by atoms with van der Waals surface area (Å²) in [6.45, 7) is 10.4. The molecule has 1 atom stereocenters. The summed E-state index contributed by atoms with van der Waals surface area (Å²) in [7, 11) is 0. The highest BCUT2D eigenvalue weighted by Crippen LogP contribution is 2.21. The Kier molecular flexibility index (Phi) is 5.61. The number of aromatic nitrogens is 2. The minimum absolute atomic E-state index is 0.128. The van der Waals surface area contributed by atoms with Gasteiger partial charge in [-0.05, 0) is 56.5 Å². The summed E-state index contributed by atoms with van der Waals surface area (Å²) < 4.78 is 2.31. The predicted octanol–water partition coefficient (Wildman–Crippen LogP) is 5.48. The van der Waals surface area contributed by atoms with Gasteiger partial charge >= 0.3 is 0 Å². The summed E-state index contributed by atoms with van der Waals surface area (Å²) in [6, 6.07) is 9.83. The Morgan fingerprint density at radius 2 is 1.85 bits per heavy atom. The van der Waals surface area contributed by atoms with Crippen molar-refractivity contribution >= 4 is 33.0 Å². The van der Waals surface area contributed by atoms with Gasteiger partial charge < -0.3 is 0 Å². The number of halogens is 1. The SMILES string of the molecule is CC[C@@H](C)c1nc2ccc(Br)cc2c(=O)n1N=Cc1c(C)cc(C)cc1C. The molecule has 0 fully saturated rings. The topological polar surface area (TPSA) is 47.2 Å². The Labute approximate surface area is 168 Å². The van der Waals surface area contributed by atoms with Crippen LogP contribution in [0.1, 0.15) is 54.3 Å². The predicted molar refractivity (Wildman–Crippen MR) is 116 cm³/mol. The van der Waals surface area contributed by atoms with Gasteiger partial charge in [-0.1, -0.05) is 47.5 Å². The van der Waals surface area contributed by atoms with Crippen LogP contribution in [0, 0.1) is 20.8 Å². The molecule has 0 aliphatic rings. The number of nitrogens with zero attached hydrogens (tertiary/aromatic N) is 3. The van der Waals surface area contributed by atoms with E-state index in [2.05, 4.69) is 67.8 Å². The molecule has 0 saturated carbocycles. The summed E-state index contributed by atoms with van der Waals surface area (Å²) in [5, 5.41) is 5.14. The van der Waals surface area contributed by atoms with Gasteiger partial charge in [-0.25, -0.2) is 4.98 Å². The average molecular weight is 426 g/mol. The van der Waals surface area contributed by atoms with Crippen molar-refractivity contribution in [1.82, 2.24) is 9.66 Å². The zero-order valence-corrected chi connectivity index (χ0v) is 18.0. The van der Waals surface area contributed by atoms with Gasteiger partial charge in [0.25, 0.3) is 5.56 Å². The highest BCUT2D eigenvalue weighted by molar-refractivity contribution is 9.10. The molecule has 5 heteroatoms. The van der Waals surface area contributed by atoms with Gasteiger partial charge in [0.05, 0.1) is 17.1 Å². The van der Waals surface area contributed by atoms with Crippen LogP contribution < -0.4 is 5.56 Å². The second-order valence-corrected chi connectivity index (χ2v) is 8.03. The van der Waals surface area contributed by atoms with E-state index in [4.69, 9.17) is 4.98 Å². The second-order valence-electron chi connectivity index (χ2n) is 7.11. The van der Waals surface area contributed by atoms with Crippen LogP contribution in [0.25, 0.3) is 10.9 Å². The number of hydrogen-bond donors (Lipinski definition) is 0. The molecule has 1 heterocycles. The number of benzene rings is 2. The molecule has 4 nitrogen and oxygen atoms in total. The third-order valence-electron chi connectivity index (χ3n) is 4.93. The van der Waals surface area contributed by atoms with Crippen LogP contribution in [0.15, 0.2) is 44.7 Å². The van der Waals surface area contributed by atoms with Crippen LogP contribution in [-0.2, 0) is 0 Å². The number of hydrogen-bond acceptors (Lipinski definition) is 3. The van der Waals surface area contributed by atoms with Crippen LogP contribution in [0.5, 0.6) is 0 Å². The monoisotopic (exact) mass is 425 g/mol. The third-order valence-corrected chi connectivity index (χ3v) is 5.42. The van der Waals surface area contributed by atoms with Gasteiger partial charge in [0.15, 0.2) is 0 Å². The van der Waals surface area contributed by atoms with Gasteiger partial charge in [0, 0.05) is 16.0 Å². The van der Waals surface area contributed by atoms with E-state index in [9.17, 15) is 4.79 Å². The maximum atomic E-state index is 13.2. The molecule has 1 aromatic heterocycles. The van der Waals surface area contributed by atoms with E-state index in [1.807, 2.05) is 12.1 Å². The molecule has 0 radical (unpaired) electrons. The van der Waals surface area contributed by atoms with E-state index >= 15 is 0 Å². The minimum atomic E-state index is -0.143. The highest BCUT2D eigenvalue weighted by Gasteiger charge is 2.15. The molecule has 140 valence electrons. The first-order chi connectivity index (χ1) is 12.8. The molecule has 0 aliphatic carbocycles. The van der Waals surface area contributed by atoms with E-state index < -0.39 is 0 Å². The Morgan fingerprint density at radius 1 is 1.19 bits per heavy atom. The lowest BCUT2D eigenvalue weighted by Gasteiger charge is -2.14. The van der Waals surface area contributed by atoms with Crippen molar-refractivity contribution < 1.29 is 0 Å². The molecular weight excluding hydrogens is 402 g/mol. The molecule has 2 aromatic carbocycles. The van der Waals surface area contributed by atoms with Gasteiger partial charge in [0.1, 0.15) is 5.82 Å². The molecule has 0 aliphatic heterocycles. The van der Waals surface area contributed by atoms with E-state index in [0.717, 1.165) is 27.6 Å². The van der Waals surface area contributed by atoms with Crippen LogP contribution in [0.4, 0.5) is 0 Å². The molecule has 0 saturated heterocycles. The van der Waals surface area contributed by atoms with Crippen LogP contribution >= 0.6 is 15.9 Å². The second kappa shape index (κ2) is 7.77. The largest absolute Gasteiger partial charge is 0.282 e. The third kappa shape index (κ3) is 3.88. The maximum Gasteiger partial charge on any atom is 0.282 e. The fourth-order valence-electron chi connectivity index (χ4n) is 3.29. The summed E-state index contributed by atoms with van der Waals surface area (Å²) in [5.41, 5.74) is 5.11. The van der Waals surface area contributed by atoms with Crippen molar-refractivity contribution in [3.05, 3.63) is 73.2 Å². The fraction of sp³-hybridized carbons (Fsp3) is 0.318. The Morgan fingerprint density at radius 3 is 2.48 bits per heavy atom. The zero-order chi connectivity index (χ0) is 19.7. The Hall–Kier alpha value is -2.27. The molecule has 27 heavy (non-hydrogen) atoms. The quantitative estimate of drug-likeness (QED) is 0.519. The number of fused-ring (bicyclic) bond motifs is 1. The maximum absolute atomic E-state index is 13.2. The van der Waals surface area contributed by atoms with Crippen molar-refractivity contribution in [1.29, 1.82) is 0 Å². The first-order valence-electron chi connectivity index (χ1n) is 9.16. The van der Waals surface area contributed by atoms with Gasteiger partial charge in [-0.2, -0.15) is 9.78 Å². The van der Waals surface area contributed by atoms with Gasteiger partial charge in [-0.3, -0.25) is 4.79 Å². The van der Waals surface area contributed by atoms with Gasteiger partial charge in [0.2, 0.25) is 0 Å². The van der Waals surface area contributed by atoms with Crippen LogP contribution in [-0.4, -0.2) is 15.9 Å². The molecule has 0 bridgehead atoms. The first kappa shape index (κ1) is 19.5. The van der Waals surface area contributed by atoms with E-state index in [-0.39, 0.29) is 11.5 Å².